The average molecular weight is 368 g/mol. The Bertz CT molecular complexity index is 743. The predicted molar refractivity (Wildman–Crippen MR) is 92.5 cm³/mol. The topological polar surface area (TPSA) is 104 Å². The second-order valence-electron chi connectivity index (χ2n) is 6.66. The van der Waals surface area contributed by atoms with Crippen LogP contribution in [0.3, 0.4) is 0 Å². The molecule has 138 valence electrons. The van der Waals surface area contributed by atoms with Gasteiger partial charge in [0.15, 0.2) is 0 Å². The van der Waals surface area contributed by atoms with Crippen molar-refractivity contribution in [1.29, 1.82) is 0 Å². The van der Waals surface area contributed by atoms with Crippen molar-refractivity contribution in [3.05, 3.63) is 29.8 Å². The summed E-state index contributed by atoms with van der Waals surface area (Å²) in [6.45, 7) is 5.48. The molecular formula is C17H24N2O5S. The lowest BCUT2D eigenvalue weighted by molar-refractivity contribution is -0.143. The maximum Gasteiger partial charge on any atom is 0.326 e. The first-order chi connectivity index (χ1) is 11.6. The van der Waals surface area contributed by atoms with Crippen molar-refractivity contribution in [1.82, 2.24) is 9.62 Å². The van der Waals surface area contributed by atoms with E-state index < -0.39 is 34.0 Å². The fourth-order valence-corrected chi connectivity index (χ4v) is 4.55. The highest BCUT2D eigenvalue weighted by atomic mass is 32.2. The van der Waals surface area contributed by atoms with Crippen LogP contribution in [0.25, 0.3) is 0 Å². The standard InChI is InChI=1S/C17H24N2O5S/c1-11(2)15(17(21)22)18-16(20)14-5-4-10-19(14)25(23,24)13-8-6-12(3)7-9-13/h6-9,11,14-15H,4-5,10H2,1-3H3,(H,18,20)(H,21,22)/t14-,15-/m0/s1. The van der Waals surface area contributed by atoms with Gasteiger partial charge in [0.1, 0.15) is 12.1 Å². The van der Waals surface area contributed by atoms with Gasteiger partial charge in [-0.15, -0.1) is 0 Å². The zero-order chi connectivity index (χ0) is 18.8. The number of hydrogen-bond donors (Lipinski definition) is 2. The first kappa shape index (κ1) is 19.4. The Morgan fingerprint density at radius 3 is 2.36 bits per heavy atom. The fourth-order valence-electron chi connectivity index (χ4n) is 2.90. The first-order valence-electron chi connectivity index (χ1n) is 8.26. The van der Waals surface area contributed by atoms with Crippen molar-refractivity contribution in [2.75, 3.05) is 6.54 Å². The monoisotopic (exact) mass is 368 g/mol. The van der Waals surface area contributed by atoms with E-state index in [2.05, 4.69) is 5.32 Å². The van der Waals surface area contributed by atoms with Gasteiger partial charge in [0.05, 0.1) is 4.90 Å². The molecule has 25 heavy (non-hydrogen) atoms. The molecule has 0 radical (unpaired) electrons. The van der Waals surface area contributed by atoms with Crippen LogP contribution < -0.4 is 5.32 Å². The molecule has 1 aliphatic heterocycles. The van der Waals surface area contributed by atoms with Gasteiger partial charge in [-0.25, -0.2) is 13.2 Å². The second kappa shape index (κ2) is 7.53. The lowest BCUT2D eigenvalue weighted by atomic mass is 10.0. The maximum atomic E-state index is 12.8. The van der Waals surface area contributed by atoms with Gasteiger partial charge < -0.3 is 10.4 Å². The maximum absolute atomic E-state index is 12.8. The van der Waals surface area contributed by atoms with Crippen LogP contribution in [0, 0.1) is 12.8 Å². The Morgan fingerprint density at radius 1 is 1.24 bits per heavy atom. The minimum absolute atomic E-state index is 0.136. The summed E-state index contributed by atoms with van der Waals surface area (Å²) in [5, 5.41) is 11.7. The largest absolute Gasteiger partial charge is 0.480 e. The molecule has 7 nitrogen and oxygen atoms in total. The molecule has 1 amide bonds. The summed E-state index contributed by atoms with van der Waals surface area (Å²) in [7, 11) is -3.80. The summed E-state index contributed by atoms with van der Waals surface area (Å²) in [4.78, 5) is 23.9. The summed E-state index contributed by atoms with van der Waals surface area (Å²) in [5.41, 5.74) is 0.941. The number of carbonyl (C=O) groups excluding carboxylic acids is 1. The third-order valence-electron chi connectivity index (χ3n) is 4.36. The van der Waals surface area contributed by atoms with Crippen LogP contribution in [0.4, 0.5) is 0 Å². The number of rotatable bonds is 6. The van der Waals surface area contributed by atoms with Crippen LogP contribution in [0.1, 0.15) is 32.3 Å². The summed E-state index contributed by atoms with van der Waals surface area (Å²) in [5.74, 6) is -1.99. The molecule has 1 aromatic rings. The van der Waals surface area contributed by atoms with Crippen molar-refractivity contribution in [2.45, 2.75) is 50.6 Å². The number of carboxylic acids is 1. The molecule has 0 aliphatic carbocycles. The third-order valence-corrected chi connectivity index (χ3v) is 6.29. The number of aryl methyl sites for hydroxylation is 1. The van der Waals surface area contributed by atoms with E-state index in [1.54, 1.807) is 26.0 Å². The molecular weight excluding hydrogens is 344 g/mol. The summed E-state index contributed by atoms with van der Waals surface area (Å²) in [6, 6.07) is 4.52. The van der Waals surface area contributed by atoms with Crippen molar-refractivity contribution in [3.63, 3.8) is 0 Å². The van der Waals surface area contributed by atoms with E-state index in [9.17, 15) is 23.1 Å². The van der Waals surface area contributed by atoms with Crippen LogP contribution in [-0.2, 0) is 19.6 Å². The van der Waals surface area contributed by atoms with Gasteiger partial charge in [0.2, 0.25) is 15.9 Å². The van der Waals surface area contributed by atoms with Crippen LogP contribution in [-0.4, -0.2) is 48.3 Å². The number of sulfonamides is 1. The van der Waals surface area contributed by atoms with E-state index in [1.807, 2.05) is 6.92 Å². The molecule has 2 atom stereocenters. The normalized spacial score (nSPS) is 19.8. The van der Waals surface area contributed by atoms with Gasteiger partial charge in [-0.05, 0) is 37.8 Å². The summed E-state index contributed by atoms with van der Waals surface area (Å²) in [6.07, 6.45) is 0.934. The van der Waals surface area contributed by atoms with E-state index in [1.165, 1.54) is 16.4 Å². The number of benzene rings is 1. The quantitative estimate of drug-likeness (QED) is 0.789. The summed E-state index contributed by atoms with van der Waals surface area (Å²) >= 11 is 0. The van der Waals surface area contributed by atoms with Gasteiger partial charge in [-0.2, -0.15) is 4.31 Å². The fraction of sp³-hybridized carbons (Fsp3) is 0.529. The van der Waals surface area contributed by atoms with E-state index >= 15 is 0 Å². The van der Waals surface area contributed by atoms with Crippen LogP contribution in [0.2, 0.25) is 0 Å². The zero-order valence-electron chi connectivity index (χ0n) is 14.6. The van der Waals surface area contributed by atoms with Crippen molar-refractivity contribution in [3.8, 4) is 0 Å². The summed E-state index contributed by atoms with van der Waals surface area (Å²) < 4.78 is 26.9. The Hall–Kier alpha value is -1.93. The minimum Gasteiger partial charge on any atom is -0.480 e. The molecule has 1 aliphatic rings. The molecule has 8 heteroatoms. The van der Waals surface area contributed by atoms with E-state index in [4.69, 9.17) is 0 Å². The number of nitrogens with zero attached hydrogens (tertiary/aromatic N) is 1. The second-order valence-corrected chi connectivity index (χ2v) is 8.55. The molecule has 1 fully saturated rings. The van der Waals surface area contributed by atoms with Gasteiger partial charge in [0, 0.05) is 6.54 Å². The van der Waals surface area contributed by atoms with E-state index in [-0.39, 0.29) is 17.4 Å². The SMILES string of the molecule is Cc1ccc(S(=O)(=O)N2CCC[C@H]2C(=O)N[C@H](C(=O)O)C(C)C)cc1. The van der Waals surface area contributed by atoms with Crippen LogP contribution in [0.5, 0.6) is 0 Å². The third kappa shape index (κ3) is 4.19. The highest BCUT2D eigenvalue weighted by Crippen LogP contribution is 2.26. The van der Waals surface area contributed by atoms with Crippen LogP contribution in [0.15, 0.2) is 29.2 Å². The number of carboxylic acid groups (broad SMARTS) is 1. The molecule has 0 saturated carbocycles. The van der Waals surface area contributed by atoms with Gasteiger partial charge in [0.25, 0.3) is 0 Å². The smallest absolute Gasteiger partial charge is 0.326 e. The lowest BCUT2D eigenvalue weighted by Crippen LogP contribution is -2.52. The van der Waals surface area contributed by atoms with E-state index in [0.717, 1.165) is 5.56 Å². The molecule has 0 bridgehead atoms. The molecule has 2 N–H and O–H groups in total. The van der Waals surface area contributed by atoms with Crippen molar-refractivity contribution < 1.29 is 23.1 Å². The van der Waals surface area contributed by atoms with Gasteiger partial charge in [-0.3, -0.25) is 4.79 Å². The number of carbonyl (C=O) groups is 2. The van der Waals surface area contributed by atoms with Crippen molar-refractivity contribution in [2.24, 2.45) is 5.92 Å². The zero-order valence-corrected chi connectivity index (χ0v) is 15.4. The van der Waals surface area contributed by atoms with Crippen molar-refractivity contribution >= 4 is 21.9 Å². The number of hydrogen-bond acceptors (Lipinski definition) is 4. The minimum atomic E-state index is -3.80. The highest BCUT2D eigenvalue weighted by Gasteiger charge is 2.40. The Balaban J connectivity index is 2.23. The molecule has 0 unspecified atom stereocenters. The number of aliphatic carboxylic acids is 1. The molecule has 0 aromatic heterocycles. The van der Waals surface area contributed by atoms with E-state index in [0.29, 0.717) is 12.8 Å². The number of amides is 1. The Kier molecular flexibility index (Phi) is 5.84. The first-order valence-corrected chi connectivity index (χ1v) is 9.70. The predicted octanol–water partition coefficient (Wildman–Crippen LogP) is 1.37. The molecule has 1 heterocycles. The van der Waals surface area contributed by atoms with Gasteiger partial charge >= 0.3 is 5.97 Å². The lowest BCUT2D eigenvalue weighted by Gasteiger charge is -2.26. The van der Waals surface area contributed by atoms with Crippen LogP contribution >= 0.6 is 0 Å². The molecule has 1 aromatic carbocycles. The Labute approximate surface area is 148 Å². The molecule has 2 rings (SSSR count). The highest BCUT2D eigenvalue weighted by molar-refractivity contribution is 7.89. The van der Waals surface area contributed by atoms with Gasteiger partial charge in [-0.1, -0.05) is 31.5 Å². The molecule has 0 spiro atoms. The molecule has 1 saturated heterocycles. The average Bonchev–Trinajstić information content (AvgIpc) is 3.02. The Morgan fingerprint density at radius 2 is 1.84 bits per heavy atom. The number of nitrogens with one attached hydrogen (secondary N) is 1.